The largest absolute Gasteiger partial charge is 0.467 e. The molecule has 0 bridgehead atoms. The first kappa shape index (κ1) is 8.49. The molecule has 0 saturated heterocycles. The van der Waals surface area contributed by atoms with Crippen molar-refractivity contribution in [3.8, 4) is 0 Å². The maximum absolute atomic E-state index is 11.0. The highest BCUT2D eigenvalue weighted by Gasteiger charge is 2.43. The van der Waals surface area contributed by atoms with E-state index in [1.165, 1.54) is 7.11 Å². The van der Waals surface area contributed by atoms with Crippen LogP contribution in [0.1, 0.15) is 19.3 Å². The van der Waals surface area contributed by atoms with E-state index in [4.69, 9.17) is 5.73 Å². The third-order valence-corrected chi connectivity index (χ3v) is 2.09. The monoisotopic (exact) mass is 159 g/mol. The van der Waals surface area contributed by atoms with Gasteiger partial charge in [-0.3, -0.25) is 0 Å². The van der Waals surface area contributed by atoms with E-state index in [9.17, 15) is 9.90 Å². The van der Waals surface area contributed by atoms with E-state index in [1.54, 1.807) is 0 Å². The molecule has 2 atom stereocenters. The van der Waals surface area contributed by atoms with Crippen molar-refractivity contribution in [2.24, 2.45) is 5.73 Å². The molecule has 1 fully saturated rings. The van der Waals surface area contributed by atoms with E-state index in [-0.39, 0.29) is 6.04 Å². The van der Waals surface area contributed by atoms with E-state index in [2.05, 4.69) is 4.74 Å². The van der Waals surface area contributed by atoms with Gasteiger partial charge in [0.05, 0.1) is 7.11 Å². The molecule has 2 unspecified atom stereocenters. The summed E-state index contributed by atoms with van der Waals surface area (Å²) in [5.41, 5.74) is 4.22. The van der Waals surface area contributed by atoms with Crippen molar-refractivity contribution >= 4 is 5.97 Å². The van der Waals surface area contributed by atoms with Gasteiger partial charge in [0.15, 0.2) is 5.60 Å². The van der Waals surface area contributed by atoms with Crippen molar-refractivity contribution < 1.29 is 14.6 Å². The van der Waals surface area contributed by atoms with Gasteiger partial charge < -0.3 is 15.6 Å². The number of nitrogens with two attached hydrogens (primary N) is 1. The Morgan fingerprint density at radius 2 is 2.45 bits per heavy atom. The zero-order valence-electron chi connectivity index (χ0n) is 6.54. The average Bonchev–Trinajstić information content (AvgIpc) is 2.31. The summed E-state index contributed by atoms with van der Waals surface area (Å²) in [6, 6.07) is -0.0703. The lowest BCUT2D eigenvalue weighted by molar-refractivity contribution is -0.161. The molecule has 3 N–H and O–H groups in total. The van der Waals surface area contributed by atoms with Crippen LogP contribution in [0.15, 0.2) is 0 Å². The normalized spacial score (nSPS) is 37.2. The lowest BCUT2D eigenvalue weighted by Gasteiger charge is -2.18. The summed E-state index contributed by atoms with van der Waals surface area (Å²) in [5, 5.41) is 9.58. The molecular weight excluding hydrogens is 146 g/mol. The van der Waals surface area contributed by atoms with Crippen molar-refractivity contribution in [3.05, 3.63) is 0 Å². The van der Waals surface area contributed by atoms with Gasteiger partial charge >= 0.3 is 5.97 Å². The van der Waals surface area contributed by atoms with Crippen LogP contribution in [-0.2, 0) is 9.53 Å². The molecule has 11 heavy (non-hydrogen) atoms. The van der Waals surface area contributed by atoms with Crippen molar-refractivity contribution in [2.75, 3.05) is 7.11 Å². The first-order valence-corrected chi connectivity index (χ1v) is 3.65. The summed E-state index contributed by atoms with van der Waals surface area (Å²) in [4.78, 5) is 11.0. The molecule has 0 amide bonds. The van der Waals surface area contributed by atoms with Gasteiger partial charge in [-0.25, -0.2) is 4.79 Å². The third kappa shape index (κ3) is 1.52. The number of hydrogen-bond donors (Lipinski definition) is 2. The van der Waals surface area contributed by atoms with Crippen LogP contribution in [0.5, 0.6) is 0 Å². The predicted octanol–water partition coefficient (Wildman–Crippen LogP) is -0.598. The van der Waals surface area contributed by atoms with Crippen LogP contribution in [0.4, 0.5) is 0 Å². The molecule has 64 valence electrons. The Bertz CT molecular complexity index is 171. The fourth-order valence-electron chi connectivity index (χ4n) is 1.44. The van der Waals surface area contributed by atoms with E-state index in [1.807, 2.05) is 0 Å². The molecule has 4 heteroatoms. The zero-order valence-corrected chi connectivity index (χ0v) is 6.54. The molecular formula is C7H13NO3. The lowest BCUT2D eigenvalue weighted by atomic mass is 10.0. The minimum Gasteiger partial charge on any atom is -0.467 e. The Hall–Kier alpha value is -0.610. The van der Waals surface area contributed by atoms with Crippen LogP contribution in [-0.4, -0.2) is 29.8 Å². The number of methoxy groups -OCH3 is 1. The molecule has 0 radical (unpaired) electrons. The zero-order chi connectivity index (χ0) is 8.48. The van der Waals surface area contributed by atoms with Crippen LogP contribution >= 0.6 is 0 Å². The SMILES string of the molecule is COC(=O)C1(O)CCC(N)C1. The summed E-state index contributed by atoms with van der Waals surface area (Å²) in [7, 11) is 1.27. The number of carbonyl (C=O) groups is 1. The Balaban J connectivity index is 2.61. The molecule has 0 heterocycles. The summed E-state index contributed by atoms with van der Waals surface area (Å²) >= 11 is 0. The summed E-state index contributed by atoms with van der Waals surface area (Å²) in [6.45, 7) is 0. The quantitative estimate of drug-likeness (QED) is 0.501. The number of hydrogen-bond acceptors (Lipinski definition) is 4. The van der Waals surface area contributed by atoms with Crippen LogP contribution in [0.25, 0.3) is 0 Å². The van der Waals surface area contributed by atoms with Crippen molar-refractivity contribution in [3.63, 3.8) is 0 Å². The van der Waals surface area contributed by atoms with E-state index < -0.39 is 11.6 Å². The smallest absolute Gasteiger partial charge is 0.337 e. The topological polar surface area (TPSA) is 72.5 Å². The minimum atomic E-state index is -1.31. The molecule has 4 nitrogen and oxygen atoms in total. The number of carbonyl (C=O) groups excluding carboxylic acids is 1. The number of ether oxygens (including phenoxy) is 1. The molecule has 0 aromatic carbocycles. The Labute approximate surface area is 65.3 Å². The maximum Gasteiger partial charge on any atom is 0.337 e. The van der Waals surface area contributed by atoms with Crippen molar-refractivity contribution in [2.45, 2.75) is 30.9 Å². The maximum atomic E-state index is 11.0. The second-order valence-electron chi connectivity index (χ2n) is 3.03. The second kappa shape index (κ2) is 2.79. The van der Waals surface area contributed by atoms with Gasteiger partial charge in [0, 0.05) is 12.5 Å². The molecule has 0 aliphatic heterocycles. The fourth-order valence-corrected chi connectivity index (χ4v) is 1.44. The first-order valence-electron chi connectivity index (χ1n) is 3.65. The Kier molecular flexibility index (Phi) is 2.15. The first-order chi connectivity index (χ1) is 5.08. The van der Waals surface area contributed by atoms with Crippen LogP contribution in [0, 0.1) is 0 Å². The highest BCUT2D eigenvalue weighted by Crippen LogP contribution is 2.29. The van der Waals surface area contributed by atoms with Gasteiger partial charge in [-0.1, -0.05) is 0 Å². The van der Waals surface area contributed by atoms with Gasteiger partial charge in [-0.15, -0.1) is 0 Å². The third-order valence-electron chi connectivity index (χ3n) is 2.09. The van der Waals surface area contributed by atoms with Crippen molar-refractivity contribution in [1.82, 2.24) is 0 Å². The van der Waals surface area contributed by atoms with Gasteiger partial charge in [0.25, 0.3) is 0 Å². The van der Waals surface area contributed by atoms with E-state index in [0.717, 1.165) is 0 Å². The highest BCUT2D eigenvalue weighted by molar-refractivity contribution is 5.79. The molecule has 1 aliphatic carbocycles. The number of rotatable bonds is 1. The van der Waals surface area contributed by atoms with Gasteiger partial charge in [0.1, 0.15) is 0 Å². The predicted molar refractivity (Wildman–Crippen MR) is 38.8 cm³/mol. The Morgan fingerprint density at radius 1 is 1.82 bits per heavy atom. The number of esters is 1. The van der Waals surface area contributed by atoms with Crippen LogP contribution < -0.4 is 5.73 Å². The standard InChI is InChI=1S/C7H13NO3/c1-11-6(9)7(10)3-2-5(8)4-7/h5,10H,2-4,8H2,1H3. The highest BCUT2D eigenvalue weighted by atomic mass is 16.5. The Morgan fingerprint density at radius 3 is 2.82 bits per heavy atom. The van der Waals surface area contributed by atoms with Gasteiger partial charge in [-0.05, 0) is 12.8 Å². The summed E-state index contributed by atoms with van der Waals surface area (Å²) < 4.78 is 4.44. The lowest BCUT2D eigenvalue weighted by Crippen LogP contribution is -2.38. The second-order valence-corrected chi connectivity index (χ2v) is 3.03. The molecule has 0 aromatic rings. The minimum absolute atomic E-state index is 0.0703. The molecule has 1 rings (SSSR count). The molecule has 1 saturated carbocycles. The molecule has 1 aliphatic rings. The van der Waals surface area contributed by atoms with Crippen LogP contribution in [0.2, 0.25) is 0 Å². The fraction of sp³-hybridized carbons (Fsp3) is 0.857. The van der Waals surface area contributed by atoms with E-state index in [0.29, 0.717) is 19.3 Å². The van der Waals surface area contributed by atoms with Crippen LogP contribution in [0.3, 0.4) is 0 Å². The van der Waals surface area contributed by atoms with Gasteiger partial charge in [-0.2, -0.15) is 0 Å². The average molecular weight is 159 g/mol. The summed E-state index contributed by atoms with van der Waals surface area (Å²) in [6.07, 6.45) is 1.42. The summed E-state index contributed by atoms with van der Waals surface area (Å²) in [5.74, 6) is -0.564. The molecule has 0 spiro atoms. The van der Waals surface area contributed by atoms with Crippen molar-refractivity contribution in [1.29, 1.82) is 0 Å². The van der Waals surface area contributed by atoms with E-state index >= 15 is 0 Å². The molecule has 0 aromatic heterocycles. The van der Waals surface area contributed by atoms with Gasteiger partial charge in [0.2, 0.25) is 0 Å². The number of aliphatic hydroxyl groups is 1.